The molecule has 0 saturated carbocycles. The fourth-order valence-corrected chi connectivity index (χ4v) is 2.36. The van der Waals surface area contributed by atoms with Gasteiger partial charge < -0.3 is 15.4 Å². The standard InChI is InChI=1S/C23H26N2O4/c1-15(2)14-29-21-11-9-20(10-12-21)25-23(28)16(3)13-22(27)24-19-7-5-18(6-8-19)17(4)26/h5-13,15H,14H2,1-4H3,(H,24,27)(H,25,28)/b16-13-. The largest absolute Gasteiger partial charge is 0.493 e. The SMILES string of the molecule is CC(=O)c1ccc(NC(=O)/C=C(/C)C(=O)Nc2ccc(OCC(C)C)cc2)cc1. The molecule has 6 nitrogen and oxygen atoms in total. The monoisotopic (exact) mass is 394 g/mol. The van der Waals surface area contributed by atoms with Gasteiger partial charge in [0.05, 0.1) is 6.61 Å². The molecule has 0 spiro atoms. The molecule has 0 aliphatic rings. The Balaban J connectivity index is 1.91. The zero-order valence-corrected chi connectivity index (χ0v) is 17.1. The number of hydrogen-bond donors (Lipinski definition) is 2. The highest BCUT2D eigenvalue weighted by molar-refractivity contribution is 6.10. The summed E-state index contributed by atoms with van der Waals surface area (Å²) in [5, 5.41) is 5.41. The summed E-state index contributed by atoms with van der Waals surface area (Å²) in [4.78, 5) is 35.7. The first-order valence-corrected chi connectivity index (χ1v) is 9.39. The maximum absolute atomic E-state index is 12.3. The van der Waals surface area contributed by atoms with Crippen molar-refractivity contribution in [1.29, 1.82) is 0 Å². The van der Waals surface area contributed by atoms with Crippen LogP contribution in [0.25, 0.3) is 0 Å². The van der Waals surface area contributed by atoms with E-state index in [1.165, 1.54) is 13.0 Å². The van der Waals surface area contributed by atoms with Crippen LogP contribution in [0.5, 0.6) is 5.75 Å². The minimum absolute atomic E-state index is 0.0465. The van der Waals surface area contributed by atoms with Gasteiger partial charge in [0.15, 0.2) is 5.78 Å². The number of benzene rings is 2. The molecule has 2 N–H and O–H groups in total. The predicted octanol–water partition coefficient (Wildman–Crippen LogP) is 4.45. The van der Waals surface area contributed by atoms with E-state index in [0.29, 0.717) is 29.5 Å². The third-order valence-corrected chi connectivity index (χ3v) is 3.96. The molecule has 0 atom stereocenters. The van der Waals surface area contributed by atoms with Crippen LogP contribution in [-0.4, -0.2) is 24.2 Å². The van der Waals surface area contributed by atoms with Crippen molar-refractivity contribution < 1.29 is 19.1 Å². The molecule has 152 valence electrons. The number of Topliss-reactive ketones (excluding diaryl/α,β-unsaturated/α-hetero) is 1. The van der Waals surface area contributed by atoms with Gasteiger partial charge in [0.25, 0.3) is 5.91 Å². The molecule has 2 amide bonds. The number of ketones is 1. The maximum atomic E-state index is 12.3. The lowest BCUT2D eigenvalue weighted by Gasteiger charge is -2.10. The molecular weight excluding hydrogens is 368 g/mol. The second-order valence-corrected chi connectivity index (χ2v) is 7.13. The Labute approximate surface area is 171 Å². The second-order valence-electron chi connectivity index (χ2n) is 7.13. The first-order valence-electron chi connectivity index (χ1n) is 9.39. The Kier molecular flexibility index (Phi) is 7.71. The molecule has 0 radical (unpaired) electrons. The van der Waals surface area contributed by atoms with Crippen LogP contribution in [0.15, 0.2) is 60.2 Å². The Morgan fingerprint density at radius 3 is 2.00 bits per heavy atom. The third-order valence-electron chi connectivity index (χ3n) is 3.96. The van der Waals surface area contributed by atoms with E-state index in [9.17, 15) is 14.4 Å². The van der Waals surface area contributed by atoms with Crippen LogP contribution in [-0.2, 0) is 9.59 Å². The summed E-state index contributed by atoms with van der Waals surface area (Å²) < 4.78 is 5.61. The van der Waals surface area contributed by atoms with Crippen LogP contribution in [0.2, 0.25) is 0 Å². The molecule has 0 aliphatic carbocycles. The molecule has 0 bridgehead atoms. The van der Waals surface area contributed by atoms with E-state index in [4.69, 9.17) is 4.74 Å². The zero-order valence-electron chi connectivity index (χ0n) is 17.1. The molecule has 0 aromatic heterocycles. The molecule has 0 fully saturated rings. The number of rotatable bonds is 8. The Morgan fingerprint density at radius 2 is 1.45 bits per heavy atom. The predicted molar refractivity (Wildman–Crippen MR) is 114 cm³/mol. The van der Waals surface area contributed by atoms with Crippen molar-refractivity contribution in [2.75, 3.05) is 17.2 Å². The molecular formula is C23H26N2O4. The summed E-state index contributed by atoms with van der Waals surface area (Å²) in [6.45, 7) is 7.81. The molecule has 29 heavy (non-hydrogen) atoms. The highest BCUT2D eigenvalue weighted by Crippen LogP contribution is 2.17. The lowest BCUT2D eigenvalue weighted by atomic mass is 10.1. The van der Waals surface area contributed by atoms with Crippen LogP contribution in [0.1, 0.15) is 38.1 Å². The minimum Gasteiger partial charge on any atom is -0.493 e. The molecule has 0 aliphatic heterocycles. The normalized spacial score (nSPS) is 11.1. The van der Waals surface area contributed by atoms with Crippen molar-refractivity contribution in [3.05, 3.63) is 65.7 Å². The van der Waals surface area contributed by atoms with E-state index in [2.05, 4.69) is 24.5 Å². The van der Waals surface area contributed by atoms with Crippen LogP contribution in [0, 0.1) is 5.92 Å². The number of carbonyl (C=O) groups is 3. The van der Waals surface area contributed by atoms with E-state index in [0.717, 1.165) is 5.75 Å². The van der Waals surface area contributed by atoms with Gasteiger partial charge >= 0.3 is 0 Å². The molecule has 0 saturated heterocycles. The summed E-state index contributed by atoms with van der Waals surface area (Å²) >= 11 is 0. The van der Waals surface area contributed by atoms with Gasteiger partial charge in [-0.2, -0.15) is 0 Å². The first-order chi connectivity index (χ1) is 13.7. The third kappa shape index (κ3) is 7.25. The van der Waals surface area contributed by atoms with E-state index in [1.54, 1.807) is 55.5 Å². The number of hydrogen-bond acceptors (Lipinski definition) is 4. The molecule has 2 aromatic carbocycles. The minimum atomic E-state index is -0.425. The van der Waals surface area contributed by atoms with E-state index in [1.807, 2.05) is 0 Å². The number of amides is 2. The van der Waals surface area contributed by atoms with Crippen molar-refractivity contribution in [3.63, 3.8) is 0 Å². The van der Waals surface area contributed by atoms with E-state index < -0.39 is 5.91 Å². The average Bonchev–Trinajstić information content (AvgIpc) is 2.67. The Bertz CT molecular complexity index is 897. The van der Waals surface area contributed by atoms with Crippen molar-refractivity contribution in [1.82, 2.24) is 0 Å². The molecule has 6 heteroatoms. The number of carbonyl (C=O) groups excluding carboxylic acids is 3. The Hall–Kier alpha value is -3.41. The van der Waals surface area contributed by atoms with E-state index in [-0.39, 0.29) is 17.3 Å². The van der Waals surface area contributed by atoms with Gasteiger partial charge in [0, 0.05) is 28.6 Å². The lowest BCUT2D eigenvalue weighted by Crippen LogP contribution is -2.16. The molecule has 2 aromatic rings. The number of anilines is 2. The van der Waals surface area contributed by atoms with Crippen LogP contribution in [0.3, 0.4) is 0 Å². The summed E-state index contributed by atoms with van der Waals surface area (Å²) in [5.41, 5.74) is 1.99. The topological polar surface area (TPSA) is 84.5 Å². The summed E-state index contributed by atoms with van der Waals surface area (Å²) in [5.74, 6) is 0.322. The lowest BCUT2D eigenvalue weighted by molar-refractivity contribution is -0.114. The van der Waals surface area contributed by atoms with Crippen molar-refractivity contribution in [2.24, 2.45) is 5.92 Å². The molecule has 0 heterocycles. The summed E-state index contributed by atoms with van der Waals surface area (Å²) in [7, 11) is 0. The average molecular weight is 394 g/mol. The summed E-state index contributed by atoms with van der Waals surface area (Å²) in [6.07, 6.45) is 1.23. The first kappa shape index (κ1) is 21.9. The van der Waals surface area contributed by atoms with Crippen LogP contribution in [0.4, 0.5) is 11.4 Å². The van der Waals surface area contributed by atoms with Gasteiger partial charge in [-0.25, -0.2) is 0 Å². The van der Waals surface area contributed by atoms with Gasteiger partial charge in [-0.15, -0.1) is 0 Å². The second kappa shape index (κ2) is 10.2. The van der Waals surface area contributed by atoms with Crippen molar-refractivity contribution in [3.8, 4) is 5.75 Å². The summed E-state index contributed by atoms with van der Waals surface area (Å²) in [6, 6.07) is 13.6. The van der Waals surface area contributed by atoms with Crippen LogP contribution < -0.4 is 15.4 Å². The number of ether oxygens (including phenoxy) is 1. The quantitative estimate of drug-likeness (QED) is 0.512. The van der Waals surface area contributed by atoms with Gasteiger partial charge in [-0.05, 0) is 68.3 Å². The van der Waals surface area contributed by atoms with E-state index >= 15 is 0 Å². The van der Waals surface area contributed by atoms with Gasteiger partial charge in [-0.1, -0.05) is 13.8 Å². The fraction of sp³-hybridized carbons (Fsp3) is 0.261. The van der Waals surface area contributed by atoms with Crippen molar-refractivity contribution >= 4 is 29.0 Å². The van der Waals surface area contributed by atoms with Crippen molar-refractivity contribution in [2.45, 2.75) is 27.7 Å². The maximum Gasteiger partial charge on any atom is 0.251 e. The fourth-order valence-electron chi connectivity index (χ4n) is 2.36. The van der Waals surface area contributed by atoms with Gasteiger partial charge in [0.2, 0.25) is 5.91 Å². The van der Waals surface area contributed by atoms with Crippen LogP contribution >= 0.6 is 0 Å². The smallest absolute Gasteiger partial charge is 0.251 e. The highest BCUT2D eigenvalue weighted by atomic mass is 16.5. The van der Waals surface area contributed by atoms with Gasteiger partial charge in [-0.3, -0.25) is 14.4 Å². The zero-order chi connectivity index (χ0) is 21.4. The molecule has 2 rings (SSSR count). The molecule has 0 unspecified atom stereocenters. The number of nitrogens with one attached hydrogen (secondary N) is 2. The Morgan fingerprint density at radius 1 is 0.897 bits per heavy atom. The highest BCUT2D eigenvalue weighted by Gasteiger charge is 2.08. The van der Waals surface area contributed by atoms with Gasteiger partial charge in [0.1, 0.15) is 5.75 Å².